The molecule has 3 aliphatic rings. The van der Waals surface area contributed by atoms with E-state index in [1.165, 1.54) is 77.0 Å². The van der Waals surface area contributed by atoms with Crippen molar-refractivity contribution in [2.75, 3.05) is 6.61 Å². The van der Waals surface area contributed by atoms with Crippen LogP contribution in [0.3, 0.4) is 0 Å². The van der Waals surface area contributed by atoms with Gasteiger partial charge in [-0.15, -0.1) is 0 Å². The fourth-order valence-electron chi connectivity index (χ4n) is 6.53. The average molecular weight is 395 g/mol. The van der Waals surface area contributed by atoms with Gasteiger partial charge >= 0.3 is 0 Å². The molecular formula is C28H42O. The Hall–Kier alpha value is -1.08. The molecule has 160 valence electrons. The summed E-state index contributed by atoms with van der Waals surface area (Å²) in [4.78, 5) is 0. The summed E-state index contributed by atoms with van der Waals surface area (Å²) in [5.74, 6) is 3.83. The van der Waals surface area contributed by atoms with Crippen LogP contribution >= 0.6 is 0 Å². The number of aryl methyl sites for hydroxylation is 2. The molecule has 0 amide bonds. The lowest BCUT2D eigenvalue weighted by molar-refractivity contribution is -0.0138. The highest BCUT2D eigenvalue weighted by Crippen LogP contribution is 2.47. The van der Waals surface area contributed by atoms with Crippen LogP contribution in [0, 0.1) is 23.7 Å². The summed E-state index contributed by atoms with van der Waals surface area (Å²) in [7, 11) is 0. The molecule has 0 aliphatic heterocycles. The van der Waals surface area contributed by atoms with Crippen molar-refractivity contribution >= 4 is 0 Å². The Morgan fingerprint density at radius 1 is 0.931 bits per heavy atom. The summed E-state index contributed by atoms with van der Waals surface area (Å²) in [5.41, 5.74) is 4.91. The van der Waals surface area contributed by atoms with Gasteiger partial charge in [-0.3, -0.25) is 0 Å². The van der Waals surface area contributed by atoms with Gasteiger partial charge < -0.3 is 4.74 Å². The molecule has 3 aliphatic carbocycles. The zero-order valence-electron chi connectivity index (χ0n) is 18.9. The lowest BCUT2D eigenvalue weighted by Crippen LogP contribution is -2.37. The molecule has 1 nitrogen and oxygen atoms in total. The molecule has 29 heavy (non-hydrogen) atoms. The second-order valence-corrected chi connectivity index (χ2v) is 10.1. The molecule has 0 aromatic heterocycles. The Labute approximate surface area is 179 Å². The van der Waals surface area contributed by atoms with Crippen LogP contribution in [0.15, 0.2) is 30.4 Å². The van der Waals surface area contributed by atoms with Gasteiger partial charge in [-0.1, -0.05) is 43.7 Å². The molecule has 4 rings (SSSR count). The lowest BCUT2D eigenvalue weighted by Gasteiger charge is -2.45. The van der Waals surface area contributed by atoms with Crippen LogP contribution in [0.4, 0.5) is 0 Å². The van der Waals surface area contributed by atoms with E-state index in [0.29, 0.717) is 6.10 Å². The molecule has 0 saturated heterocycles. The number of benzene rings is 1. The van der Waals surface area contributed by atoms with Crippen LogP contribution in [0.2, 0.25) is 0 Å². The third-order valence-corrected chi connectivity index (χ3v) is 8.29. The van der Waals surface area contributed by atoms with Crippen molar-refractivity contribution in [3.8, 4) is 0 Å². The molecular weight excluding hydrogens is 352 g/mol. The average Bonchev–Trinajstić information content (AvgIpc) is 2.77. The van der Waals surface area contributed by atoms with E-state index in [2.05, 4.69) is 44.2 Å². The summed E-state index contributed by atoms with van der Waals surface area (Å²) < 4.78 is 6.10. The zero-order chi connectivity index (χ0) is 20.1. The first kappa shape index (κ1) is 21.2. The Morgan fingerprint density at radius 3 is 2.55 bits per heavy atom. The maximum atomic E-state index is 6.10. The van der Waals surface area contributed by atoms with Crippen molar-refractivity contribution in [1.82, 2.24) is 0 Å². The monoisotopic (exact) mass is 394 g/mol. The number of rotatable bonds is 7. The molecule has 0 heterocycles. The molecule has 1 aromatic carbocycles. The van der Waals surface area contributed by atoms with Crippen molar-refractivity contribution in [1.29, 1.82) is 0 Å². The van der Waals surface area contributed by atoms with Gasteiger partial charge in [0.1, 0.15) is 0 Å². The zero-order valence-corrected chi connectivity index (χ0v) is 18.9. The Balaban J connectivity index is 1.29. The van der Waals surface area contributed by atoms with Crippen molar-refractivity contribution in [2.45, 2.75) is 97.0 Å². The van der Waals surface area contributed by atoms with Gasteiger partial charge in [0.15, 0.2) is 0 Å². The SMILES string of the molecule is CC=CCOC1CCC2CC(C3CCc4cc(CCCC)ccc4C3)CCC2C1. The van der Waals surface area contributed by atoms with Crippen LogP contribution in [0.25, 0.3) is 0 Å². The predicted molar refractivity (Wildman–Crippen MR) is 123 cm³/mol. The van der Waals surface area contributed by atoms with Gasteiger partial charge in [0.05, 0.1) is 12.7 Å². The van der Waals surface area contributed by atoms with Crippen molar-refractivity contribution in [2.24, 2.45) is 23.7 Å². The first-order valence-corrected chi connectivity index (χ1v) is 12.6. The van der Waals surface area contributed by atoms with E-state index in [1.54, 1.807) is 16.7 Å². The number of allylic oxidation sites excluding steroid dienone is 1. The number of hydrogen-bond donors (Lipinski definition) is 0. The van der Waals surface area contributed by atoms with E-state index < -0.39 is 0 Å². The molecule has 2 saturated carbocycles. The highest BCUT2D eigenvalue weighted by atomic mass is 16.5. The van der Waals surface area contributed by atoms with Crippen LogP contribution < -0.4 is 0 Å². The molecule has 1 heteroatoms. The van der Waals surface area contributed by atoms with Crippen LogP contribution in [-0.4, -0.2) is 12.7 Å². The smallest absolute Gasteiger partial charge is 0.0651 e. The quantitative estimate of drug-likeness (QED) is 0.440. The highest BCUT2D eigenvalue weighted by molar-refractivity contribution is 5.34. The maximum absolute atomic E-state index is 6.10. The van der Waals surface area contributed by atoms with E-state index >= 15 is 0 Å². The topological polar surface area (TPSA) is 9.23 Å². The summed E-state index contributed by atoms with van der Waals surface area (Å²) in [6, 6.07) is 7.43. The summed E-state index contributed by atoms with van der Waals surface area (Å²) in [5, 5.41) is 0. The van der Waals surface area contributed by atoms with Gasteiger partial charge in [0.25, 0.3) is 0 Å². The number of ether oxygens (including phenoxy) is 1. The first-order valence-electron chi connectivity index (χ1n) is 12.6. The number of fused-ring (bicyclic) bond motifs is 2. The molecule has 0 N–H and O–H groups in total. The minimum atomic E-state index is 0.521. The molecule has 5 unspecified atom stereocenters. The van der Waals surface area contributed by atoms with Crippen molar-refractivity contribution < 1.29 is 4.74 Å². The third kappa shape index (κ3) is 5.35. The van der Waals surface area contributed by atoms with Crippen molar-refractivity contribution in [3.05, 3.63) is 47.0 Å². The van der Waals surface area contributed by atoms with E-state index in [-0.39, 0.29) is 0 Å². The standard InChI is InChI=1S/C28H42O/c1-3-5-7-21-8-9-23-18-24(11-10-22(23)17-21)25-12-13-27-20-28(29-16-6-4-2)15-14-26(27)19-25/h4,6,8-9,17,24-28H,3,5,7,10-16,18-20H2,1-2H3. The predicted octanol–water partition coefficient (Wildman–Crippen LogP) is 7.31. The van der Waals surface area contributed by atoms with Gasteiger partial charge in [0.2, 0.25) is 0 Å². The molecule has 5 atom stereocenters. The molecule has 0 bridgehead atoms. The van der Waals surface area contributed by atoms with Gasteiger partial charge in [-0.2, -0.15) is 0 Å². The van der Waals surface area contributed by atoms with Crippen LogP contribution in [0.5, 0.6) is 0 Å². The summed E-state index contributed by atoms with van der Waals surface area (Å²) in [6.07, 6.45) is 21.2. The van der Waals surface area contributed by atoms with E-state index in [0.717, 1.165) is 30.3 Å². The Morgan fingerprint density at radius 2 is 1.72 bits per heavy atom. The molecule has 1 aromatic rings. The first-order chi connectivity index (χ1) is 14.3. The second kappa shape index (κ2) is 10.3. The van der Waals surface area contributed by atoms with Crippen molar-refractivity contribution in [3.63, 3.8) is 0 Å². The molecule has 2 fully saturated rings. The maximum Gasteiger partial charge on any atom is 0.0651 e. The number of hydrogen-bond acceptors (Lipinski definition) is 1. The van der Waals surface area contributed by atoms with Gasteiger partial charge in [0, 0.05) is 0 Å². The molecule has 0 radical (unpaired) electrons. The minimum Gasteiger partial charge on any atom is -0.374 e. The molecule has 0 spiro atoms. The summed E-state index contributed by atoms with van der Waals surface area (Å²) in [6.45, 7) is 5.18. The summed E-state index contributed by atoms with van der Waals surface area (Å²) >= 11 is 0. The largest absolute Gasteiger partial charge is 0.374 e. The third-order valence-electron chi connectivity index (χ3n) is 8.29. The Bertz CT molecular complexity index is 675. The van der Waals surface area contributed by atoms with Crippen LogP contribution in [0.1, 0.15) is 88.3 Å². The fraction of sp³-hybridized carbons (Fsp3) is 0.714. The fourth-order valence-corrected chi connectivity index (χ4v) is 6.53. The highest BCUT2D eigenvalue weighted by Gasteiger charge is 2.38. The van der Waals surface area contributed by atoms with Gasteiger partial charge in [-0.05, 0) is 118 Å². The minimum absolute atomic E-state index is 0.521. The number of unbranched alkanes of at least 4 members (excludes halogenated alkanes) is 1. The van der Waals surface area contributed by atoms with E-state index in [4.69, 9.17) is 4.74 Å². The van der Waals surface area contributed by atoms with Crippen LogP contribution in [-0.2, 0) is 24.0 Å². The lowest BCUT2D eigenvalue weighted by atomic mass is 9.62. The van der Waals surface area contributed by atoms with Gasteiger partial charge in [-0.25, -0.2) is 0 Å². The van der Waals surface area contributed by atoms with E-state index in [1.807, 2.05) is 0 Å². The normalized spacial score (nSPS) is 32.1. The Kier molecular flexibility index (Phi) is 7.51. The van der Waals surface area contributed by atoms with E-state index in [9.17, 15) is 0 Å². The second-order valence-electron chi connectivity index (χ2n) is 10.1.